The van der Waals surface area contributed by atoms with Crippen LogP contribution < -0.4 is 0 Å². The molecule has 3 nitrogen and oxygen atoms in total. The Balaban J connectivity index is 2.23. The van der Waals surface area contributed by atoms with Crippen molar-refractivity contribution in [2.24, 2.45) is 0 Å². The van der Waals surface area contributed by atoms with Gasteiger partial charge in [0.15, 0.2) is 0 Å². The highest BCUT2D eigenvalue weighted by molar-refractivity contribution is 6.16. The van der Waals surface area contributed by atoms with Crippen LogP contribution in [0.4, 0.5) is 4.39 Å². The molecular weight excluding hydrogens is 241 g/mol. The Morgan fingerprint density at radius 3 is 2.59 bits per heavy atom. The first-order valence-electron chi connectivity index (χ1n) is 5.46. The maximum absolute atomic E-state index is 12.8. The molecule has 0 saturated carbocycles. The monoisotopic (exact) mass is 253 g/mol. The van der Waals surface area contributed by atoms with Gasteiger partial charge in [0.2, 0.25) is 0 Å². The van der Waals surface area contributed by atoms with Gasteiger partial charge in [-0.25, -0.2) is 9.07 Å². The minimum atomic E-state index is -0.232. The zero-order valence-corrected chi connectivity index (χ0v) is 10.3. The molecule has 90 valence electrons. The SMILES string of the molecule is CCc1c(CCl)nnn1Cc1ccc(F)cc1. The van der Waals surface area contributed by atoms with E-state index >= 15 is 0 Å². The normalized spacial score (nSPS) is 10.8. The predicted octanol–water partition coefficient (Wildman–Crippen LogP) is 2.77. The second kappa shape index (κ2) is 5.27. The van der Waals surface area contributed by atoms with Crippen LogP contribution in [0.1, 0.15) is 23.9 Å². The molecule has 0 amide bonds. The standard InChI is InChI=1S/C12H13ClFN3/c1-2-12-11(7-13)15-16-17(12)8-9-3-5-10(14)6-4-9/h3-6H,2,7-8H2,1H3. The van der Waals surface area contributed by atoms with Crippen molar-refractivity contribution in [3.63, 3.8) is 0 Å². The third kappa shape index (κ3) is 2.64. The summed E-state index contributed by atoms with van der Waals surface area (Å²) in [6.45, 7) is 2.63. The van der Waals surface area contributed by atoms with Crippen molar-refractivity contribution in [1.82, 2.24) is 15.0 Å². The van der Waals surface area contributed by atoms with E-state index in [-0.39, 0.29) is 5.82 Å². The lowest BCUT2D eigenvalue weighted by molar-refractivity contribution is 0.612. The summed E-state index contributed by atoms with van der Waals surface area (Å²) in [6.07, 6.45) is 0.830. The van der Waals surface area contributed by atoms with Gasteiger partial charge in [-0.2, -0.15) is 0 Å². The van der Waals surface area contributed by atoms with Crippen molar-refractivity contribution < 1.29 is 4.39 Å². The molecule has 0 fully saturated rings. The number of hydrogen-bond donors (Lipinski definition) is 0. The highest BCUT2D eigenvalue weighted by Gasteiger charge is 2.10. The molecule has 0 spiro atoms. The summed E-state index contributed by atoms with van der Waals surface area (Å²) >= 11 is 5.78. The second-order valence-corrected chi connectivity index (χ2v) is 4.02. The van der Waals surface area contributed by atoms with E-state index in [1.165, 1.54) is 12.1 Å². The summed E-state index contributed by atoms with van der Waals surface area (Å²) in [5.41, 5.74) is 2.84. The molecule has 0 aliphatic rings. The van der Waals surface area contributed by atoms with Gasteiger partial charge >= 0.3 is 0 Å². The Morgan fingerprint density at radius 1 is 1.29 bits per heavy atom. The molecule has 1 aromatic carbocycles. The third-order valence-corrected chi connectivity index (χ3v) is 2.88. The zero-order valence-electron chi connectivity index (χ0n) is 9.53. The van der Waals surface area contributed by atoms with Crippen LogP contribution in [0, 0.1) is 5.82 Å². The average molecular weight is 254 g/mol. The summed E-state index contributed by atoms with van der Waals surface area (Å²) in [5, 5.41) is 8.09. The van der Waals surface area contributed by atoms with Crippen LogP contribution in [-0.2, 0) is 18.8 Å². The van der Waals surface area contributed by atoms with Crippen LogP contribution in [0.3, 0.4) is 0 Å². The van der Waals surface area contributed by atoms with E-state index in [1.807, 2.05) is 11.6 Å². The Bertz CT molecular complexity index is 493. The molecule has 0 aliphatic carbocycles. The lowest BCUT2D eigenvalue weighted by Gasteiger charge is -2.05. The van der Waals surface area contributed by atoms with Gasteiger partial charge in [0.25, 0.3) is 0 Å². The Morgan fingerprint density at radius 2 is 2.00 bits per heavy atom. The first-order chi connectivity index (χ1) is 8.24. The van der Waals surface area contributed by atoms with Crippen molar-refractivity contribution in [1.29, 1.82) is 0 Å². The van der Waals surface area contributed by atoms with Gasteiger partial charge in [0.05, 0.1) is 18.1 Å². The fourth-order valence-corrected chi connectivity index (χ4v) is 1.96. The molecular formula is C12H13ClFN3. The van der Waals surface area contributed by atoms with Crippen LogP contribution in [0.25, 0.3) is 0 Å². The van der Waals surface area contributed by atoms with Gasteiger partial charge < -0.3 is 0 Å². The molecule has 0 bridgehead atoms. The summed E-state index contributed by atoms with van der Waals surface area (Å²) in [6, 6.07) is 6.38. The third-order valence-electron chi connectivity index (χ3n) is 2.63. The quantitative estimate of drug-likeness (QED) is 0.785. The number of hydrogen-bond acceptors (Lipinski definition) is 2. The largest absolute Gasteiger partial charge is 0.245 e. The van der Waals surface area contributed by atoms with Crippen LogP contribution in [0.2, 0.25) is 0 Å². The molecule has 0 atom stereocenters. The van der Waals surface area contributed by atoms with Crippen molar-refractivity contribution in [3.05, 3.63) is 47.0 Å². The van der Waals surface area contributed by atoms with Gasteiger partial charge in [-0.1, -0.05) is 24.3 Å². The first kappa shape index (κ1) is 12.0. The Labute approximate surface area is 104 Å². The number of alkyl halides is 1. The van der Waals surface area contributed by atoms with E-state index in [4.69, 9.17) is 11.6 Å². The lowest BCUT2D eigenvalue weighted by Crippen LogP contribution is -2.06. The highest BCUT2D eigenvalue weighted by atomic mass is 35.5. The van der Waals surface area contributed by atoms with Crippen molar-refractivity contribution in [2.75, 3.05) is 0 Å². The molecule has 5 heteroatoms. The highest BCUT2D eigenvalue weighted by Crippen LogP contribution is 2.12. The van der Waals surface area contributed by atoms with E-state index in [1.54, 1.807) is 12.1 Å². The summed E-state index contributed by atoms with van der Waals surface area (Å²) in [7, 11) is 0. The molecule has 1 aromatic heterocycles. The van der Waals surface area contributed by atoms with Gasteiger partial charge in [0.1, 0.15) is 11.5 Å². The Hall–Kier alpha value is -1.42. The van der Waals surface area contributed by atoms with E-state index in [0.29, 0.717) is 12.4 Å². The van der Waals surface area contributed by atoms with Crippen molar-refractivity contribution >= 4 is 11.6 Å². The molecule has 0 saturated heterocycles. The van der Waals surface area contributed by atoms with E-state index in [2.05, 4.69) is 10.3 Å². The van der Waals surface area contributed by atoms with Gasteiger partial charge in [-0.05, 0) is 24.1 Å². The number of nitrogens with zero attached hydrogens (tertiary/aromatic N) is 3. The number of halogens is 2. The maximum Gasteiger partial charge on any atom is 0.123 e. The molecule has 2 aromatic rings. The average Bonchev–Trinajstić information content (AvgIpc) is 2.74. The maximum atomic E-state index is 12.8. The van der Waals surface area contributed by atoms with Gasteiger partial charge in [-0.3, -0.25) is 0 Å². The fourth-order valence-electron chi connectivity index (χ4n) is 1.75. The summed E-state index contributed by atoms with van der Waals surface area (Å²) < 4.78 is 14.6. The van der Waals surface area contributed by atoms with Crippen LogP contribution >= 0.6 is 11.6 Å². The van der Waals surface area contributed by atoms with Crippen LogP contribution in [0.5, 0.6) is 0 Å². The summed E-state index contributed by atoms with van der Waals surface area (Å²) in [5.74, 6) is 0.136. The lowest BCUT2D eigenvalue weighted by atomic mass is 10.2. The van der Waals surface area contributed by atoms with Gasteiger partial charge in [0, 0.05) is 0 Å². The molecule has 1 heterocycles. The molecule has 0 radical (unpaired) electrons. The molecule has 0 unspecified atom stereocenters. The predicted molar refractivity (Wildman–Crippen MR) is 64.5 cm³/mol. The van der Waals surface area contributed by atoms with Crippen LogP contribution in [0.15, 0.2) is 24.3 Å². The van der Waals surface area contributed by atoms with E-state index in [9.17, 15) is 4.39 Å². The van der Waals surface area contributed by atoms with E-state index < -0.39 is 0 Å². The van der Waals surface area contributed by atoms with Crippen LogP contribution in [-0.4, -0.2) is 15.0 Å². The summed E-state index contributed by atoms with van der Waals surface area (Å²) in [4.78, 5) is 0. The Kier molecular flexibility index (Phi) is 3.74. The molecule has 17 heavy (non-hydrogen) atoms. The fraction of sp³-hybridized carbons (Fsp3) is 0.333. The molecule has 2 rings (SSSR count). The molecule has 0 N–H and O–H groups in total. The van der Waals surface area contributed by atoms with Crippen molar-refractivity contribution in [2.45, 2.75) is 25.8 Å². The number of rotatable bonds is 4. The minimum Gasteiger partial charge on any atom is -0.245 e. The number of aromatic nitrogens is 3. The van der Waals surface area contributed by atoms with Gasteiger partial charge in [-0.15, -0.1) is 16.7 Å². The zero-order chi connectivity index (χ0) is 12.3. The van der Waals surface area contributed by atoms with E-state index in [0.717, 1.165) is 23.4 Å². The molecule has 0 aliphatic heterocycles. The topological polar surface area (TPSA) is 30.7 Å². The smallest absolute Gasteiger partial charge is 0.123 e. The second-order valence-electron chi connectivity index (χ2n) is 3.75. The minimum absolute atomic E-state index is 0.232. The number of benzene rings is 1. The first-order valence-corrected chi connectivity index (χ1v) is 5.99. The van der Waals surface area contributed by atoms with Crippen molar-refractivity contribution in [3.8, 4) is 0 Å².